The van der Waals surface area contributed by atoms with Gasteiger partial charge in [0.05, 0.1) is 12.1 Å². The van der Waals surface area contributed by atoms with Crippen LogP contribution in [0.5, 0.6) is 5.75 Å². The van der Waals surface area contributed by atoms with Gasteiger partial charge in [-0.15, -0.1) is 11.3 Å². The van der Waals surface area contributed by atoms with Crippen LogP contribution in [-0.2, 0) is 11.2 Å². The molecule has 6 nitrogen and oxygen atoms in total. The van der Waals surface area contributed by atoms with E-state index in [1.54, 1.807) is 17.5 Å². The highest BCUT2D eigenvalue weighted by Crippen LogP contribution is 2.18. The second kappa shape index (κ2) is 5.49. The van der Waals surface area contributed by atoms with E-state index in [-0.39, 0.29) is 12.2 Å². The molecule has 0 atom stereocenters. The number of phenols is 1. The zero-order valence-electron chi connectivity index (χ0n) is 9.66. The van der Waals surface area contributed by atoms with Crippen molar-refractivity contribution in [1.29, 1.82) is 0 Å². The smallest absolute Gasteiger partial charge is 0.309 e. The van der Waals surface area contributed by atoms with Gasteiger partial charge in [0.2, 0.25) is 0 Å². The largest absolute Gasteiger partial charge is 0.508 e. The first-order chi connectivity index (χ1) is 9.04. The number of aromatic nitrogens is 1. The van der Waals surface area contributed by atoms with Crippen LogP contribution in [0.1, 0.15) is 16.1 Å². The lowest BCUT2D eigenvalue weighted by Gasteiger charge is -2.01. The van der Waals surface area contributed by atoms with E-state index in [4.69, 9.17) is 5.11 Å². The molecule has 1 aromatic carbocycles. The summed E-state index contributed by atoms with van der Waals surface area (Å²) in [6, 6.07) is 5.91. The van der Waals surface area contributed by atoms with Crippen LogP contribution < -0.4 is 5.32 Å². The SMILES string of the molecule is O=C(O)Cc1csc(NC(=O)c2cccc(O)c2)n1. The maximum absolute atomic E-state index is 11.8. The molecule has 3 N–H and O–H groups in total. The molecule has 1 aromatic heterocycles. The Kier molecular flexibility index (Phi) is 3.76. The molecule has 7 heteroatoms. The highest BCUT2D eigenvalue weighted by Gasteiger charge is 2.10. The number of rotatable bonds is 4. The number of anilines is 1. The van der Waals surface area contributed by atoms with Crippen LogP contribution in [0.15, 0.2) is 29.6 Å². The lowest BCUT2D eigenvalue weighted by molar-refractivity contribution is -0.136. The lowest BCUT2D eigenvalue weighted by Crippen LogP contribution is -2.11. The van der Waals surface area contributed by atoms with Gasteiger partial charge in [-0.2, -0.15) is 0 Å². The van der Waals surface area contributed by atoms with Crippen molar-refractivity contribution in [3.8, 4) is 5.75 Å². The van der Waals surface area contributed by atoms with E-state index >= 15 is 0 Å². The van der Waals surface area contributed by atoms with E-state index in [9.17, 15) is 14.7 Å². The molecule has 0 radical (unpaired) electrons. The molecule has 1 heterocycles. The first-order valence-electron chi connectivity index (χ1n) is 5.31. The fourth-order valence-corrected chi connectivity index (χ4v) is 2.12. The molecule has 0 aliphatic heterocycles. The van der Waals surface area contributed by atoms with Gasteiger partial charge in [-0.1, -0.05) is 6.07 Å². The number of hydrogen-bond donors (Lipinski definition) is 3. The van der Waals surface area contributed by atoms with Crippen molar-refractivity contribution in [2.24, 2.45) is 0 Å². The molecule has 0 bridgehead atoms. The average molecular weight is 278 g/mol. The first kappa shape index (κ1) is 13.0. The third-order valence-corrected chi connectivity index (χ3v) is 3.02. The second-order valence-electron chi connectivity index (χ2n) is 3.72. The second-order valence-corrected chi connectivity index (χ2v) is 4.58. The van der Waals surface area contributed by atoms with Crippen LogP contribution in [0.25, 0.3) is 0 Å². The number of carbonyl (C=O) groups is 2. The summed E-state index contributed by atoms with van der Waals surface area (Å²) >= 11 is 1.15. The number of nitrogens with one attached hydrogen (secondary N) is 1. The number of amides is 1. The Bertz CT molecular complexity index is 624. The summed E-state index contributed by atoms with van der Waals surface area (Å²) in [6.07, 6.45) is -0.182. The van der Waals surface area contributed by atoms with Crippen LogP contribution >= 0.6 is 11.3 Å². The van der Waals surface area contributed by atoms with Gasteiger partial charge in [-0.05, 0) is 18.2 Å². The Labute approximate surface area is 112 Å². The van der Waals surface area contributed by atoms with E-state index in [1.165, 1.54) is 12.1 Å². The molecule has 0 aliphatic rings. The Morgan fingerprint density at radius 1 is 1.37 bits per heavy atom. The number of thiazole rings is 1. The molecular formula is C12H10N2O4S. The summed E-state index contributed by atoms with van der Waals surface area (Å²) in [5.74, 6) is -1.39. The average Bonchev–Trinajstić information content (AvgIpc) is 2.75. The maximum atomic E-state index is 11.8. The third kappa shape index (κ3) is 3.52. The van der Waals surface area contributed by atoms with Crippen molar-refractivity contribution in [3.05, 3.63) is 40.9 Å². The Balaban J connectivity index is 2.06. The Morgan fingerprint density at radius 2 is 2.16 bits per heavy atom. The van der Waals surface area contributed by atoms with E-state index < -0.39 is 11.9 Å². The maximum Gasteiger partial charge on any atom is 0.309 e. The van der Waals surface area contributed by atoms with Crippen LogP contribution in [0.3, 0.4) is 0 Å². The van der Waals surface area contributed by atoms with Crippen LogP contribution in [0.2, 0.25) is 0 Å². The Hall–Kier alpha value is -2.41. The summed E-state index contributed by atoms with van der Waals surface area (Å²) < 4.78 is 0. The van der Waals surface area contributed by atoms with Crippen LogP contribution in [0.4, 0.5) is 5.13 Å². The van der Waals surface area contributed by atoms with Gasteiger partial charge in [-0.25, -0.2) is 4.98 Å². The van der Waals surface area contributed by atoms with Gasteiger partial charge in [0, 0.05) is 10.9 Å². The normalized spacial score (nSPS) is 10.1. The number of hydrogen-bond acceptors (Lipinski definition) is 5. The summed E-state index contributed by atoms with van der Waals surface area (Å²) in [5, 5.41) is 22.3. The molecule has 0 fully saturated rings. The molecule has 2 aromatic rings. The number of benzene rings is 1. The fraction of sp³-hybridized carbons (Fsp3) is 0.0833. The number of aliphatic carboxylic acids is 1. The van der Waals surface area contributed by atoms with Gasteiger partial charge in [0.25, 0.3) is 5.91 Å². The minimum atomic E-state index is -0.976. The molecule has 0 saturated carbocycles. The number of phenolic OH excluding ortho intramolecular Hbond substituents is 1. The van der Waals surface area contributed by atoms with Crippen LogP contribution in [0, 0.1) is 0 Å². The molecular weight excluding hydrogens is 268 g/mol. The van der Waals surface area contributed by atoms with E-state index in [0.29, 0.717) is 16.4 Å². The third-order valence-electron chi connectivity index (χ3n) is 2.21. The lowest BCUT2D eigenvalue weighted by atomic mass is 10.2. The molecule has 0 saturated heterocycles. The number of carboxylic acids is 1. The van der Waals surface area contributed by atoms with Crippen molar-refractivity contribution in [2.75, 3.05) is 5.32 Å². The van der Waals surface area contributed by atoms with Gasteiger partial charge in [-0.3, -0.25) is 14.9 Å². The molecule has 0 spiro atoms. The van der Waals surface area contributed by atoms with Crippen molar-refractivity contribution < 1.29 is 19.8 Å². The fourth-order valence-electron chi connectivity index (χ4n) is 1.42. The number of carboxylic acid groups (broad SMARTS) is 1. The molecule has 1 amide bonds. The highest BCUT2D eigenvalue weighted by atomic mass is 32.1. The predicted molar refractivity (Wildman–Crippen MR) is 69.5 cm³/mol. The number of aromatic hydroxyl groups is 1. The number of nitrogens with zero attached hydrogens (tertiary/aromatic N) is 1. The summed E-state index contributed by atoms with van der Waals surface area (Å²) in [5.41, 5.74) is 0.693. The van der Waals surface area contributed by atoms with Gasteiger partial charge >= 0.3 is 5.97 Å². The summed E-state index contributed by atoms with van der Waals surface area (Å²) in [4.78, 5) is 26.3. The van der Waals surface area contributed by atoms with Crippen molar-refractivity contribution in [1.82, 2.24) is 4.98 Å². The van der Waals surface area contributed by atoms with E-state index in [1.807, 2.05) is 0 Å². The van der Waals surface area contributed by atoms with E-state index in [0.717, 1.165) is 11.3 Å². The topological polar surface area (TPSA) is 99.5 Å². The minimum absolute atomic E-state index is 0.00152. The molecule has 0 unspecified atom stereocenters. The zero-order valence-corrected chi connectivity index (χ0v) is 10.5. The van der Waals surface area contributed by atoms with Crippen molar-refractivity contribution >= 4 is 28.3 Å². The molecule has 2 rings (SSSR count). The Morgan fingerprint density at radius 3 is 2.84 bits per heavy atom. The zero-order chi connectivity index (χ0) is 13.8. The molecule has 0 aliphatic carbocycles. The number of carbonyl (C=O) groups excluding carboxylic acids is 1. The van der Waals surface area contributed by atoms with E-state index in [2.05, 4.69) is 10.3 Å². The monoisotopic (exact) mass is 278 g/mol. The highest BCUT2D eigenvalue weighted by molar-refractivity contribution is 7.14. The van der Waals surface area contributed by atoms with Crippen molar-refractivity contribution in [2.45, 2.75) is 6.42 Å². The summed E-state index contributed by atoms with van der Waals surface area (Å²) in [7, 11) is 0. The summed E-state index contributed by atoms with van der Waals surface area (Å²) in [6.45, 7) is 0. The molecule has 98 valence electrons. The van der Waals surface area contributed by atoms with Crippen molar-refractivity contribution in [3.63, 3.8) is 0 Å². The minimum Gasteiger partial charge on any atom is -0.508 e. The predicted octanol–water partition coefficient (Wildman–Crippen LogP) is 1.73. The van der Waals surface area contributed by atoms with Gasteiger partial charge in [0.15, 0.2) is 5.13 Å². The standard InChI is InChI=1S/C12H10N2O4S/c15-9-3-1-2-7(4-9)11(18)14-12-13-8(6-19-12)5-10(16)17/h1-4,6,15H,5H2,(H,16,17)(H,13,14,18). The van der Waals surface area contributed by atoms with Gasteiger partial charge in [0.1, 0.15) is 5.75 Å². The van der Waals surface area contributed by atoms with Gasteiger partial charge < -0.3 is 10.2 Å². The van der Waals surface area contributed by atoms with Crippen LogP contribution in [-0.4, -0.2) is 27.1 Å². The molecule has 19 heavy (non-hydrogen) atoms. The first-order valence-corrected chi connectivity index (χ1v) is 6.19. The quantitative estimate of drug-likeness (QED) is 0.791.